The zero-order chi connectivity index (χ0) is 14.1. The van der Waals surface area contributed by atoms with Crippen LogP contribution in [-0.2, 0) is 0 Å². The number of hydrogen-bond donors (Lipinski definition) is 1. The Morgan fingerprint density at radius 1 is 1.25 bits per heavy atom. The lowest BCUT2D eigenvalue weighted by Gasteiger charge is -2.30. The minimum atomic E-state index is 0.224. The van der Waals surface area contributed by atoms with E-state index in [2.05, 4.69) is 30.1 Å². The number of benzene rings is 1. The zero-order valence-electron chi connectivity index (χ0n) is 12.5. The van der Waals surface area contributed by atoms with Crippen molar-refractivity contribution in [1.29, 1.82) is 0 Å². The number of likely N-dealkylation sites (tertiary alicyclic amines) is 1. The van der Waals surface area contributed by atoms with Crippen molar-refractivity contribution >= 4 is 5.91 Å². The highest BCUT2D eigenvalue weighted by molar-refractivity contribution is 5.96. The van der Waals surface area contributed by atoms with E-state index in [0.29, 0.717) is 12.1 Å². The Hall–Kier alpha value is -1.35. The average Bonchev–Trinajstić information content (AvgIpc) is 3.10. The van der Waals surface area contributed by atoms with Gasteiger partial charge in [-0.3, -0.25) is 4.79 Å². The standard InChI is InChI=1S/C17H24N2O/c1-12-6-3-7-14(13(12)2)17(20)19-11-5-9-16(19)15-8-4-10-18-15/h3,6-7,15-16,18H,4-5,8-11H2,1-2H3. The molecule has 1 aromatic carbocycles. The number of aryl methyl sites for hydroxylation is 1. The lowest BCUT2D eigenvalue weighted by atomic mass is 10.0. The van der Waals surface area contributed by atoms with Gasteiger partial charge in [0, 0.05) is 24.2 Å². The van der Waals surface area contributed by atoms with Gasteiger partial charge in [-0.05, 0) is 63.3 Å². The molecule has 3 nitrogen and oxygen atoms in total. The molecule has 0 aromatic heterocycles. The van der Waals surface area contributed by atoms with Crippen LogP contribution in [0.3, 0.4) is 0 Å². The maximum atomic E-state index is 12.9. The van der Waals surface area contributed by atoms with Crippen LogP contribution in [0.1, 0.15) is 47.2 Å². The fourth-order valence-electron chi connectivity index (χ4n) is 3.64. The van der Waals surface area contributed by atoms with Crippen molar-refractivity contribution in [3.05, 3.63) is 34.9 Å². The lowest BCUT2D eigenvalue weighted by molar-refractivity contribution is 0.0710. The highest BCUT2D eigenvalue weighted by Crippen LogP contribution is 2.27. The van der Waals surface area contributed by atoms with Crippen LogP contribution in [0.5, 0.6) is 0 Å². The van der Waals surface area contributed by atoms with Crippen molar-refractivity contribution in [2.75, 3.05) is 13.1 Å². The topological polar surface area (TPSA) is 32.3 Å². The van der Waals surface area contributed by atoms with Crippen molar-refractivity contribution in [2.45, 2.75) is 51.6 Å². The number of nitrogens with zero attached hydrogens (tertiary/aromatic N) is 1. The van der Waals surface area contributed by atoms with Gasteiger partial charge in [0.05, 0.1) is 0 Å². The summed E-state index contributed by atoms with van der Waals surface area (Å²) in [7, 11) is 0. The molecule has 0 spiro atoms. The van der Waals surface area contributed by atoms with E-state index in [1.165, 1.54) is 18.4 Å². The Kier molecular flexibility index (Phi) is 3.79. The summed E-state index contributed by atoms with van der Waals surface area (Å²) in [6.45, 7) is 6.15. The second-order valence-electron chi connectivity index (χ2n) is 6.16. The molecule has 2 aliphatic heterocycles. The van der Waals surface area contributed by atoms with Gasteiger partial charge in [-0.2, -0.15) is 0 Å². The van der Waals surface area contributed by atoms with E-state index in [0.717, 1.165) is 37.1 Å². The Labute approximate surface area is 121 Å². The fraction of sp³-hybridized carbons (Fsp3) is 0.588. The molecule has 2 heterocycles. The molecular weight excluding hydrogens is 248 g/mol. The first-order valence-electron chi connectivity index (χ1n) is 7.79. The lowest BCUT2D eigenvalue weighted by Crippen LogP contribution is -2.46. The normalized spacial score (nSPS) is 26.2. The van der Waals surface area contributed by atoms with Crippen molar-refractivity contribution in [3.63, 3.8) is 0 Å². The van der Waals surface area contributed by atoms with Crippen LogP contribution >= 0.6 is 0 Å². The highest BCUT2D eigenvalue weighted by atomic mass is 16.2. The number of carbonyl (C=O) groups excluding carboxylic acids is 1. The van der Waals surface area contributed by atoms with Crippen LogP contribution in [0, 0.1) is 13.8 Å². The summed E-state index contributed by atoms with van der Waals surface area (Å²) < 4.78 is 0. The summed E-state index contributed by atoms with van der Waals surface area (Å²) in [5.74, 6) is 0.224. The second-order valence-corrected chi connectivity index (χ2v) is 6.16. The number of hydrogen-bond acceptors (Lipinski definition) is 2. The van der Waals surface area contributed by atoms with Gasteiger partial charge in [0.15, 0.2) is 0 Å². The molecule has 2 saturated heterocycles. The molecule has 2 unspecified atom stereocenters. The van der Waals surface area contributed by atoms with Gasteiger partial charge in [-0.1, -0.05) is 12.1 Å². The Bertz CT molecular complexity index is 506. The maximum absolute atomic E-state index is 12.9. The van der Waals surface area contributed by atoms with Crippen molar-refractivity contribution < 1.29 is 4.79 Å². The molecule has 108 valence electrons. The van der Waals surface area contributed by atoms with Crippen LogP contribution in [0.4, 0.5) is 0 Å². The van der Waals surface area contributed by atoms with Gasteiger partial charge < -0.3 is 10.2 Å². The van der Waals surface area contributed by atoms with E-state index in [1.807, 2.05) is 12.1 Å². The molecule has 0 radical (unpaired) electrons. The molecule has 1 amide bonds. The molecule has 0 saturated carbocycles. The third-order valence-corrected chi connectivity index (χ3v) is 4.96. The van der Waals surface area contributed by atoms with Crippen molar-refractivity contribution in [2.24, 2.45) is 0 Å². The van der Waals surface area contributed by atoms with E-state index >= 15 is 0 Å². The number of carbonyl (C=O) groups is 1. The molecule has 2 fully saturated rings. The highest BCUT2D eigenvalue weighted by Gasteiger charge is 2.36. The van der Waals surface area contributed by atoms with Crippen molar-refractivity contribution in [1.82, 2.24) is 10.2 Å². The minimum absolute atomic E-state index is 0.224. The average molecular weight is 272 g/mol. The van der Waals surface area contributed by atoms with E-state index in [1.54, 1.807) is 0 Å². The van der Waals surface area contributed by atoms with E-state index in [4.69, 9.17) is 0 Å². The van der Waals surface area contributed by atoms with Gasteiger partial charge in [0.2, 0.25) is 0 Å². The summed E-state index contributed by atoms with van der Waals surface area (Å²) in [6, 6.07) is 6.94. The van der Waals surface area contributed by atoms with Crippen LogP contribution < -0.4 is 5.32 Å². The van der Waals surface area contributed by atoms with Crippen LogP contribution in [0.15, 0.2) is 18.2 Å². The molecule has 3 heteroatoms. The van der Waals surface area contributed by atoms with Crippen molar-refractivity contribution in [3.8, 4) is 0 Å². The maximum Gasteiger partial charge on any atom is 0.254 e. The van der Waals surface area contributed by atoms with Gasteiger partial charge in [0.25, 0.3) is 5.91 Å². The predicted molar refractivity (Wildman–Crippen MR) is 81.0 cm³/mol. The zero-order valence-corrected chi connectivity index (χ0v) is 12.5. The Morgan fingerprint density at radius 2 is 2.10 bits per heavy atom. The Morgan fingerprint density at radius 3 is 2.85 bits per heavy atom. The summed E-state index contributed by atoms with van der Waals surface area (Å²) in [6.07, 6.45) is 4.74. The van der Waals surface area contributed by atoms with E-state index in [-0.39, 0.29) is 5.91 Å². The van der Waals surface area contributed by atoms with Crippen LogP contribution in [-0.4, -0.2) is 36.0 Å². The number of nitrogens with one attached hydrogen (secondary N) is 1. The number of amides is 1. The fourth-order valence-corrected chi connectivity index (χ4v) is 3.64. The first kappa shape index (κ1) is 13.6. The smallest absolute Gasteiger partial charge is 0.254 e. The van der Waals surface area contributed by atoms with Gasteiger partial charge in [0.1, 0.15) is 0 Å². The molecular formula is C17H24N2O. The minimum Gasteiger partial charge on any atom is -0.334 e. The molecule has 1 N–H and O–H groups in total. The summed E-state index contributed by atoms with van der Waals surface area (Å²) in [4.78, 5) is 15.0. The first-order valence-corrected chi connectivity index (χ1v) is 7.79. The third kappa shape index (κ3) is 2.35. The predicted octanol–water partition coefficient (Wildman–Crippen LogP) is 2.66. The molecule has 2 aliphatic rings. The molecule has 2 atom stereocenters. The SMILES string of the molecule is Cc1cccc(C(=O)N2CCCC2C2CCCN2)c1C. The molecule has 3 rings (SSSR count). The summed E-state index contributed by atoms with van der Waals surface area (Å²) in [5.41, 5.74) is 3.21. The molecule has 0 bridgehead atoms. The van der Waals surface area contributed by atoms with Crippen LogP contribution in [0.25, 0.3) is 0 Å². The van der Waals surface area contributed by atoms with E-state index < -0.39 is 0 Å². The monoisotopic (exact) mass is 272 g/mol. The largest absolute Gasteiger partial charge is 0.334 e. The second kappa shape index (κ2) is 5.57. The first-order chi connectivity index (χ1) is 9.68. The summed E-state index contributed by atoms with van der Waals surface area (Å²) in [5, 5.41) is 3.57. The van der Waals surface area contributed by atoms with Gasteiger partial charge >= 0.3 is 0 Å². The van der Waals surface area contributed by atoms with E-state index in [9.17, 15) is 4.79 Å². The molecule has 0 aliphatic carbocycles. The summed E-state index contributed by atoms with van der Waals surface area (Å²) >= 11 is 0. The molecule has 1 aromatic rings. The Balaban J connectivity index is 1.83. The van der Waals surface area contributed by atoms with Gasteiger partial charge in [-0.15, -0.1) is 0 Å². The number of rotatable bonds is 2. The third-order valence-electron chi connectivity index (χ3n) is 4.96. The quantitative estimate of drug-likeness (QED) is 0.897. The molecule has 20 heavy (non-hydrogen) atoms. The van der Waals surface area contributed by atoms with Crippen LogP contribution in [0.2, 0.25) is 0 Å². The van der Waals surface area contributed by atoms with Gasteiger partial charge in [-0.25, -0.2) is 0 Å².